The highest BCUT2D eigenvalue weighted by atomic mass is 19.1. The molecule has 1 aromatic carbocycles. The Morgan fingerprint density at radius 1 is 1.30 bits per heavy atom. The molecule has 1 aromatic rings. The standard InChI is InChI=1S/C19H26FNO2/c1-18(2,3)23-12-19-8-13-11-22-16-7-5-4-6-15(16)17(13)21(19)10-14(20)9-19/h4-7,13-14,17H,8-12H2,1-3H3. The van der Waals surface area contributed by atoms with Crippen molar-refractivity contribution in [2.45, 2.75) is 57.0 Å². The molecule has 0 saturated carbocycles. The highest BCUT2D eigenvalue weighted by molar-refractivity contribution is 5.40. The Hall–Kier alpha value is -1.13. The van der Waals surface area contributed by atoms with Gasteiger partial charge in [0.15, 0.2) is 0 Å². The van der Waals surface area contributed by atoms with Crippen LogP contribution in [-0.4, -0.2) is 42.0 Å². The summed E-state index contributed by atoms with van der Waals surface area (Å²) >= 11 is 0. The molecule has 0 spiro atoms. The average Bonchev–Trinajstić information content (AvgIpc) is 2.95. The van der Waals surface area contributed by atoms with Crippen LogP contribution in [0.4, 0.5) is 4.39 Å². The predicted octanol–water partition coefficient (Wildman–Crippen LogP) is 3.74. The van der Waals surface area contributed by atoms with Crippen LogP contribution in [0.5, 0.6) is 5.75 Å². The highest BCUT2D eigenvalue weighted by Crippen LogP contribution is 2.55. The molecule has 4 unspecified atom stereocenters. The van der Waals surface area contributed by atoms with Crippen molar-refractivity contribution in [3.05, 3.63) is 29.8 Å². The van der Waals surface area contributed by atoms with Gasteiger partial charge in [-0.05, 0) is 33.3 Å². The van der Waals surface area contributed by atoms with Crippen molar-refractivity contribution < 1.29 is 13.9 Å². The second kappa shape index (κ2) is 5.18. The Morgan fingerprint density at radius 3 is 2.87 bits per heavy atom. The maximum absolute atomic E-state index is 14.3. The molecule has 4 atom stereocenters. The molecule has 3 aliphatic rings. The summed E-state index contributed by atoms with van der Waals surface area (Å²) in [6.45, 7) is 8.05. The summed E-state index contributed by atoms with van der Waals surface area (Å²) < 4.78 is 26.4. The van der Waals surface area contributed by atoms with E-state index in [9.17, 15) is 4.39 Å². The first-order valence-electron chi connectivity index (χ1n) is 8.64. The fourth-order valence-electron chi connectivity index (χ4n) is 4.64. The molecule has 0 radical (unpaired) electrons. The number of ether oxygens (including phenoxy) is 2. The Bertz CT molecular complexity index is 599. The average molecular weight is 319 g/mol. The van der Waals surface area contributed by atoms with Gasteiger partial charge in [-0.15, -0.1) is 0 Å². The normalized spacial score (nSPS) is 36.3. The highest BCUT2D eigenvalue weighted by Gasteiger charge is 2.59. The van der Waals surface area contributed by atoms with Crippen LogP contribution >= 0.6 is 0 Å². The molecule has 23 heavy (non-hydrogen) atoms. The lowest BCUT2D eigenvalue weighted by Crippen LogP contribution is -2.45. The van der Waals surface area contributed by atoms with E-state index in [0.29, 0.717) is 25.5 Å². The topological polar surface area (TPSA) is 21.7 Å². The second-order valence-electron chi connectivity index (χ2n) is 8.34. The van der Waals surface area contributed by atoms with Crippen LogP contribution in [0.2, 0.25) is 0 Å². The van der Waals surface area contributed by atoms with Crippen molar-refractivity contribution in [3.63, 3.8) is 0 Å². The van der Waals surface area contributed by atoms with E-state index >= 15 is 0 Å². The summed E-state index contributed by atoms with van der Waals surface area (Å²) in [6.07, 6.45) is 0.787. The third-order valence-corrected chi connectivity index (χ3v) is 5.49. The maximum Gasteiger partial charge on any atom is 0.124 e. The third-order valence-electron chi connectivity index (χ3n) is 5.49. The second-order valence-corrected chi connectivity index (χ2v) is 8.34. The van der Waals surface area contributed by atoms with Crippen molar-refractivity contribution in [1.29, 1.82) is 0 Å². The molecular formula is C19H26FNO2. The maximum atomic E-state index is 14.3. The van der Waals surface area contributed by atoms with Crippen LogP contribution in [0.25, 0.3) is 0 Å². The zero-order chi connectivity index (χ0) is 16.2. The quantitative estimate of drug-likeness (QED) is 0.829. The van der Waals surface area contributed by atoms with Crippen molar-refractivity contribution in [1.82, 2.24) is 4.90 Å². The van der Waals surface area contributed by atoms with Crippen LogP contribution in [0.3, 0.4) is 0 Å². The molecule has 0 aliphatic carbocycles. The SMILES string of the molecule is CC(C)(C)OCC12CC(F)CN1C1c3ccccc3OCC1C2. The zero-order valence-electron chi connectivity index (χ0n) is 14.2. The largest absolute Gasteiger partial charge is 0.493 e. The van der Waals surface area contributed by atoms with Gasteiger partial charge < -0.3 is 9.47 Å². The fourth-order valence-corrected chi connectivity index (χ4v) is 4.64. The summed E-state index contributed by atoms with van der Waals surface area (Å²) in [7, 11) is 0. The molecule has 4 heteroatoms. The van der Waals surface area contributed by atoms with Gasteiger partial charge in [-0.25, -0.2) is 4.39 Å². The molecule has 2 fully saturated rings. The van der Waals surface area contributed by atoms with Gasteiger partial charge in [-0.3, -0.25) is 4.90 Å². The lowest BCUT2D eigenvalue weighted by molar-refractivity contribution is -0.0571. The Morgan fingerprint density at radius 2 is 2.09 bits per heavy atom. The van der Waals surface area contributed by atoms with Crippen LogP contribution in [-0.2, 0) is 4.74 Å². The first-order chi connectivity index (χ1) is 10.9. The Labute approximate surface area is 137 Å². The van der Waals surface area contributed by atoms with Gasteiger partial charge in [-0.1, -0.05) is 18.2 Å². The van der Waals surface area contributed by atoms with Gasteiger partial charge in [0.05, 0.1) is 18.8 Å². The Kier molecular flexibility index (Phi) is 3.47. The minimum atomic E-state index is -0.755. The van der Waals surface area contributed by atoms with Gasteiger partial charge in [0.2, 0.25) is 0 Å². The lowest BCUT2D eigenvalue weighted by atomic mass is 9.86. The number of halogens is 1. The molecule has 0 bridgehead atoms. The number of hydrogen-bond acceptors (Lipinski definition) is 3. The van der Waals surface area contributed by atoms with E-state index in [1.54, 1.807) is 0 Å². The zero-order valence-corrected chi connectivity index (χ0v) is 14.2. The van der Waals surface area contributed by atoms with E-state index in [0.717, 1.165) is 18.8 Å². The predicted molar refractivity (Wildman–Crippen MR) is 87.4 cm³/mol. The van der Waals surface area contributed by atoms with E-state index in [1.165, 1.54) is 5.56 Å². The van der Waals surface area contributed by atoms with E-state index in [2.05, 4.69) is 37.8 Å². The molecular weight excluding hydrogens is 293 g/mol. The smallest absolute Gasteiger partial charge is 0.124 e. The van der Waals surface area contributed by atoms with Gasteiger partial charge in [-0.2, -0.15) is 0 Å². The third kappa shape index (κ3) is 2.56. The molecule has 3 heterocycles. The summed E-state index contributed by atoms with van der Waals surface area (Å²) in [5, 5.41) is 0. The van der Waals surface area contributed by atoms with E-state index < -0.39 is 6.17 Å². The molecule has 0 aromatic heterocycles. The van der Waals surface area contributed by atoms with Crippen LogP contribution in [0.15, 0.2) is 24.3 Å². The van der Waals surface area contributed by atoms with Crippen molar-refractivity contribution in [2.24, 2.45) is 5.92 Å². The minimum absolute atomic E-state index is 0.178. The molecule has 3 aliphatic heterocycles. The molecule has 0 N–H and O–H groups in total. The van der Waals surface area contributed by atoms with Gasteiger partial charge in [0.25, 0.3) is 0 Å². The Balaban J connectivity index is 1.67. The van der Waals surface area contributed by atoms with E-state index in [-0.39, 0.29) is 17.2 Å². The van der Waals surface area contributed by atoms with Gasteiger partial charge in [0.1, 0.15) is 11.9 Å². The van der Waals surface area contributed by atoms with E-state index in [1.807, 2.05) is 12.1 Å². The van der Waals surface area contributed by atoms with Crippen molar-refractivity contribution in [3.8, 4) is 5.75 Å². The van der Waals surface area contributed by atoms with Crippen molar-refractivity contribution >= 4 is 0 Å². The molecule has 2 saturated heterocycles. The number of benzene rings is 1. The number of para-hydroxylation sites is 1. The fraction of sp³-hybridized carbons (Fsp3) is 0.684. The summed E-state index contributed by atoms with van der Waals surface area (Å²) in [4.78, 5) is 2.38. The number of rotatable bonds is 2. The lowest BCUT2D eigenvalue weighted by Gasteiger charge is -2.37. The molecule has 4 rings (SSSR count). The summed E-state index contributed by atoms with van der Waals surface area (Å²) in [5.41, 5.74) is 0.843. The first-order valence-corrected chi connectivity index (χ1v) is 8.64. The number of fused-ring (bicyclic) bond motifs is 5. The van der Waals surface area contributed by atoms with Gasteiger partial charge >= 0.3 is 0 Å². The summed E-state index contributed by atoms with van der Waals surface area (Å²) in [6, 6.07) is 8.49. The molecule has 3 nitrogen and oxygen atoms in total. The van der Waals surface area contributed by atoms with Crippen LogP contribution in [0.1, 0.15) is 45.2 Å². The van der Waals surface area contributed by atoms with Crippen LogP contribution < -0.4 is 4.74 Å². The number of nitrogens with zero attached hydrogens (tertiary/aromatic N) is 1. The molecule has 0 amide bonds. The summed E-state index contributed by atoms with van der Waals surface area (Å²) in [5.74, 6) is 1.39. The minimum Gasteiger partial charge on any atom is -0.493 e. The van der Waals surface area contributed by atoms with Crippen molar-refractivity contribution in [2.75, 3.05) is 19.8 Å². The number of alkyl halides is 1. The van der Waals surface area contributed by atoms with E-state index in [4.69, 9.17) is 9.47 Å². The number of hydrogen-bond donors (Lipinski definition) is 0. The monoisotopic (exact) mass is 319 g/mol. The molecule has 126 valence electrons. The first kappa shape index (κ1) is 15.4. The van der Waals surface area contributed by atoms with Crippen LogP contribution in [0, 0.1) is 5.92 Å². The van der Waals surface area contributed by atoms with Gasteiger partial charge in [0, 0.05) is 36.0 Å².